The number of rotatable bonds is 5. The van der Waals surface area contributed by atoms with Gasteiger partial charge >= 0.3 is 0 Å². The van der Waals surface area contributed by atoms with Gasteiger partial charge in [-0.3, -0.25) is 4.79 Å². The van der Waals surface area contributed by atoms with Crippen molar-refractivity contribution < 1.29 is 17.9 Å². The standard InChI is InChI=1S/C21H26N2O4S/c1-16-8-9-20(17(2)14-16)28(25,26)23-12-10-22(11-13-23)21(24)19-7-5-4-6-18(19)15-27-3/h4-9,14H,10-13,15H2,1-3H3. The van der Waals surface area contributed by atoms with Crippen LogP contribution in [0.2, 0.25) is 0 Å². The molecule has 0 radical (unpaired) electrons. The van der Waals surface area contributed by atoms with E-state index in [1.165, 1.54) is 4.31 Å². The second kappa shape index (κ2) is 8.43. The first-order valence-corrected chi connectivity index (χ1v) is 10.7. The van der Waals surface area contributed by atoms with Crippen molar-refractivity contribution in [2.75, 3.05) is 33.3 Å². The van der Waals surface area contributed by atoms with Gasteiger partial charge in [0.2, 0.25) is 10.0 Å². The van der Waals surface area contributed by atoms with Crippen molar-refractivity contribution in [2.45, 2.75) is 25.3 Å². The maximum absolute atomic E-state index is 13.0. The Morgan fingerprint density at radius 3 is 2.36 bits per heavy atom. The molecule has 1 aliphatic heterocycles. The number of nitrogens with zero attached hydrogens (tertiary/aromatic N) is 2. The number of hydrogen-bond acceptors (Lipinski definition) is 4. The average molecular weight is 403 g/mol. The van der Waals surface area contributed by atoms with Gasteiger partial charge in [0.05, 0.1) is 11.5 Å². The third-order valence-electron chi connectivity index (χ3n) is 5.02. The van der Waals surface area contributed by atoms with Crippen molar-refractivity contribution in [1.29, 1.82) is 0 Å². The van der Waals surface area contributed by atoms with Crippen molar-refractivity contribution in [1.82, 2.24) is 9.21 Å². The lowest BCUT2D eigenvalue weighted by Gasteiger charge is -2.34. The monoisotopic (exact) mass is 402 g/mol. The molecule has 1 amide bonds. The number of carbonyl (C=O) groups is 1. The fourth-order valence-corrected chi connectivity index (χ4v) is 5.17. The van der Waals surface area contributed by atoms with Crippen LogP contribution in [-0.2, 0) is 21.4 Å². The van der Waals surface area contributed by atoms with Crippen LogP contribution < -0.4 is 0 Å². The van der Waals surface area contributed by atoms with Crippen molar-refractivity contribution in [3.63, 3.8) is 0 Å². The van der Waals surface area contributed by atoms with Gasteiger partial charge in [0.15, 0.2) is 0 Å². The maximum atomic E-state index is 13.0. The number of hydrogen-bond donors (Lipinski definition) is 0. The smallest absolute Gasteiger partial charge is 0.254 e. The van der Waals surface area contributed by atoms with Gasteiger partial charge in [0.25, 0.3) is 5.91 Å². The van der Waals surface area contributed by atoms with Gasteiger partial charge < -0.3 is 9.64 Å². The summed E-state index contributed by atoms with van der Waals surface area (Å²) >= 11 is 0. The summed E-state index contributed by atoms with van der Waals surface area (Å²) in [4.78, 5) is 15.0. The van der Waals surface area contributed by atoms with Crippen molar-refractivity contribution in [2.24, 2.45) is 0 Å². The summed E-state index contributed by atoms with van der Waals surface area (Å²) in [6, 6.07) is 12.7. The number of amides is 1. The van der Waals surface area contributed by atoms with E-state index in [0.717, 1.165) is 16.7 Å². The Kier molecular flexibility index (Phi) is 6.17. The van der Waals surface area contributed by atoms with E-state index in [9.17, 15) is 13.2 Å². The normalized spacial score (nSPS) is 15.6. The van der Waals surface area contributed by atoms with Crippen LogP contribution in [0.3, 0.4) is 0 Å². The van der Waals surface area contributed by atoms with Crippen molar-refractivity contribution in [3.05, 3.63) is 64.7 Å². The van der Waals surface area contributed by atoms with Gasteiger partial charge in [-0.25, -0.2) is 8.42 Å². The SMILES string of the molecule is COCc1ccccc1C(=O)N1CCN(S(=O)(=O)c2ccc(C)cc2C)CC1. The minimum absolute atomic E-state index is 0.0868. The summed E-state index contributed by atoms with van der Waals surface area (Å²) < 4.78 is 32.7. The topological polar surface area (TPSA) is 66.9 Å². The molecule has 0 aliphatic carbocycles. The Balaban J connectivity index is 1.73. The molecule has 0 bridgehead atoms. The van der Waals surface area contributed by atoms with Crippen LogP contribution >= 0.6 is 0 Å². The number of sulfonamides is 1. The minimum Gasteiger partial charge on any atom is -0.380 e. The lowest BCUT2D eigenvalue weighted by Crippen LogP contribution is -2.50. The quantitative estimate of drug-likeness (QED) is 0.771. The number of aryl methyl sites for hydroxylation is 2. The molecule has 0 spiro atoms. The first-order chi connectivity index (χ1) is 13.3. The Bertz CT molecular complexity index is 964. The third kappa shape index (κ3) is 4.11. The summed E-state index contributed by atoms with van der Waals surface area (Å²) in [5.74, 6) is -0.0868. The Labute approximate surface area is 166 Å². The van der Waals surface area contributed by atoms with E-state index in [2.05, 4.69) is 0 Å². The number of benzene rings is 2. The van der Waals surface area contributed by atoms with Crippen molar-refractivity contribution >= 4 is 15.9 Å². The number of methoxy groups -OCH3 is 1. The lowest BCUT2D eigenvalue weighted by molar-refractivity contribution is 0.0693. The Hall–Kier alpha value is -2.22. The molecule has 0 atom stereocenters. The molecule has 2 aromatic rings. The highest BCUT2D eigenvalue weighted by molar-refractivity contribution is 7.89. The van der Waals surface area contributed by atoms with E-state index in [0.29, 0.717) is 30.2 Å². The third-order valence-corrected chi connectivity index (χ3v) is 7.08. The molecule has 0 saturated carbocycles. The fraction of sp³-hybridized carbons (Fsp3) is 0.381. The van der Waals surface area contributed by atoms with E-state index >= 15 is 0 Å². The van der Waals surface area contributed by atoms with Crippen molar-refractivity contribution in [3.8, 4) is 0 Å². The summed E-state index contributed by atoms with van der Waals surface area (Å²) in [5, 5.41) is 0. The molecule has 2 aromatic carbocycles. The van der Waals surface area contributed by atoms with Crippen LogP contribution in [0.5, 0.6) is 0 Å². The highest BCUT2D eigenvalue weighted by atomic mass is 32.2. The number of piperazine rings is 1. The van der Waals surface area contributed by atoms with E-state index in [-0.39, 0.29) is 19.0 Å². The summed E-state index contributed by atoms with van der Waals surface area (Å²) in [6.45, 7) is 5.42. The summed E-state index contributed by atoms with van der Waals surface area (Å²) in [7, 11) is -1.97. The van der Waals surface area contributed by atoms with Gasteiger partial charge in [-0.1, -0.05) is 35.9 Å². The first-order valence-electron chi connectivity index (χ1n) is 9.28. The fourth-order valence-electron chi connectivity index (χ4n) is 3.54. The van der Waals surface area contributed by atoms with Crippen LogP contribution in [0.1, 0.15) is 27.0 Å². The van der Waals surface area contributed by atoms with Gasteiger partial charge in [0.1, 0.15) is 0 Å². The zero-order chi connectivity index (χ0) is 20.3. The second-order valence-corrected chi connectivity index (χ2v) is 8.96. The molecular formula is C21H26N2O4S. The predicted molar refractivity (Wildman–Crippen MR) is 108 cm³/mol. The zero-order valence-electron chi connectivity index (χ0n) is 16.5. The number of carbonyl (C=O) groups excluding carboxylic acids is 1. The lowest BCUT2D eigenvalue weighted by atomic mass is 10.1. The van der Waals surface area contributed by atoms with Crippen LogP contribution in [0.25, 0.3) is 0 Å². The summed E-state index contributed by atoms with van der Waals surface area (Å²) in [6.07, 6.45) is 0. The molecule has 3 rings (SSSR count). The largest absolute Gasteiger partial charge is 0.380 e. The van der Waals surface area contributed by atoms with Crippen LogP contribution in [0.4, 0.5) is 0 Å². The zero-order valence-corrected chi connectivity index (χ0v) is 17.3. The van der Waals surface area contributed by atoms with Gasteiger partial charge in [-0.05, 0) is 37.1 Å². The van der Waals surface area contributed by atoms with E-state index < -0.39 is 10.0 Å². The Morgan fingerprint density at radius 2 is 1.71 bits per heavy atom. The van der Waals surface area contributed by atoms with Crippen LogP contribution in [-0.4, -0.2) is 56.8 Å². The molecule has 0 aromatic heterocycles. The van der Waals surface area contributed by atoms with Gasteiger partial charge in [0, 0.05) is 38.9 Å². The van der Waals surface area contributed by atoms with Crippen LogP contribution in [0.15, 0.2) is 47.4 Å². The molecule has 1 heterocycles. The average Bonchev–Trinajstić information content (AvgIpc) is 2.68. The van der Waals surface area contributed by atoms with Gasteiger partial charge in [-0.15, -0.1) is 0 Å². The van der Waals surface area contributed by atoms with E-state index in [1.807, 2.05) is 44.2 Å². The first kappa shape index (κ1) is 20.5. The number of ether oxygens (including phenoxy) is 1. The highest BCUT2D eigenvalue weighted by Gasteiger charge is 2.31. The van der Waals surface area contributed by atoms with E-state index in [4.69, 9.17) is 4.74 Å². The van der Waals surface area contributed by atoms with Gasteiger partial charge in [-0.2, -0.15) is 4.31 Å². The van der Waals surface area contributed by atoms with E-state index in [1.54, 1.807) is 24.1 Å². The molecule has 1 saturated heterocycles. The molecular weight excluding hydrogens is 376 g/mol. The maximum Gasteiger partial charge on any atom is 0.254 e. The Morgan fingerprint density at radius 1 is 1.04 bits per heavy atom. The molecule has 1 aliphatic rings. The molecule has 1 fully saturated rings. The molecule has 150 valence electrons. The van der Waals surface area contributed by atoms with Crippen LogP contribution in [0, 0.1) is 13.8 Å². The predicted octanol–water partition coefficient (Wildman–Crippen LogP) is 2.60. The molecule has 6 nitrogen and oxygen atoms in total. The molecule has 28 heavy (non-hydrogen) atoms. The highest BCUT2D eigenvalue weighted by Crippen LogP contribution is 2.23. The second-order valence-electron chi connectivity index (χ2n) is 7.06. The summed E-state index contributed by atoms with van der Waals surface area (Å²) in [5.41, 5.74) is 3.21. The molecule has 7 heteroatoms. The molecule has 0 unspecified atom stereocenters. The minimum atomic E-state index is -3.56. The molecule has 0 N–H and O–H groups in total.